The molecule has 0 aliphatic carbocycles. The molecular formula is C12H17NO3. The number of aryl methyl sites for hydroxylation is 2. The van der Waals surface area contributed by atoms with Crippen LogP contribution in [-0.4, -0.2) is 15.6 Å². The maximum atomic E-state index is 11.8. The molecular weight excluding hydrogens is 206 g/mol. The first-order chi connectivity index (χ1) is 7.60. The Morgan fingerprint density at radius 2 is 2.06 bits per heavy atom. The topological polar surface area (TPSA) is 59.3 Å². The third kappa shape index (κ3) is 2.72. The van der Waals surface area contributed by atoms with Crippen LogP contribution >= 0.6 is 0 Å². The second-order valence-corrected chi connectivity index (χ2v) is 3.77. The number of nitrogens with zero attached hydrogens (tertiary/aromatic N) is 1. The maximum Gasteiger partial charge on any atom is 0.341 e. The third-order valence-corrected chi connectivity index (χ3v) is 2.55. The molecule has 16 heavy (non-hydrogen) atoms. The molecule has 0 aliphatic heterocycles. The lowest BCUT2D eigenvalue weighted by molar-refractivity contribution is 0.0694. The highest BCUT2D eigenvalue weighted by molar-refractivity contribution is 5.87. The van der Waals surface area contributed by atoms with Crippen molar-refractivity contribution in [2.45, 2.75) is 39.7 Å². The number of carboxylic acids is 1. The smallest absolute Gasteiger partial charge is 0.341 e. The number of hydrogen-bond acceptors (Lipinski definition) is 2. The summed E-state index contributed by atoms with van der Waals surface area (Å²) in [6, 6.07) is 0. The summed E-state index contributed by atoms with van der Waals surface area (Å²) in [4.78, 5) is 22.7. The lowest BCUT2D eigenvalue weighted by Gasteiger charge is -2.07. The van der Waals surface area contributed by atoms with E-state index in [4.69, 9.17) is 5.11 Å². The van der Waals surface area contributed by atoms with Gasteiger partial charge < -0.3 is 9.67 Å². The highest BCUT2D eigenvalue weighted by Gasteiger charge is 2.12. The van der Waals surface area contributed by atoms with E-state index < -0.39 is 5.97 Å². The SMILES string of the molecule is CCCCc1cn(CC)cc(C(=O)O)c1=O. The van der Waals surface area contributed by atoms with Gasteiger partial charge in [-0.2, -0.15) is 0 Å². The lowest BCUT2D eigenvalue weighted by Crippen LogP contribution is -2.21. The summed E-state index contributed by atoms with van der Waals surface area (Å²) in [6.45, 7) is 4.62. The molecule has 0 amide bonds. The van der Waals surface area contributed by atoms with Crippen molar-refractivity contribution in [2.75, 3.05) is 0 Å². The van der Waals surface area contributed by atoms with Gasteiger partial charge in [0.15, 0.2) is 5.43 Å². The molecule has 1 aromatic heterocycles. The van der Waals surface area contributed by atoms with Crippen molar-refractivity contribution in [2.24, 2.45) is 0 Å². The Hall–Kier alpha value is -1.58. The normalized spacial score (nSPS) is 10.4. The Balaban J connectivity index is 3.20. The first kappa shape index (κ1) is 12.5. The molecule has 1 aromatic rings. The van der Waals surface area contributed by atoms with Crippen LogP contribution in [0.4, 0.5) is 0 Å². The quantitative estimate of drug-likeness (QED) is 0.829. The van der Waals surface area contributed by atoms with Gasteiger partial charge in [0, 0.05) is 24.5 Å². The van der Waals surface area contributed by atoms with Crippen molar-refractivity contribution in [1.82, 2.24) is 4.57 Å². The highest BCUT2D eigenvalue weighted by atomic mass is 16.4. The van der Waals surface area contributed by atoms with Gasteiger partial charge in [-0.15, -0.1) is 0 Å². The van der Waals surface area contributed by atoms with E-state index in [2.05, 4.69) is 0 Å². The van der Waals surface area contributed by atoms with Crippen molar-refractivity contribution in [3.63, 3.8) is 0 Å². The molecule has 88 valence electrons. The molecule has 0 aliphatic rings. The average Bonchev–Trinajstić information content (AvgIpc) is 2.27. The Labute approximate surface area is 94.5 Å². The van der Waals surface area contributed by atoms with Gasteiger partial charge >= 0.3 is 5.97 Å². The van der Waals surface area contributed by atoms with Crippen LogP contribution in [0.25, 0.3) is 0 Å². The zero-order chi connectivity index (χ0) is 12.1. The summed E-state index contributed by atoms with van der Waals surface area (Å²) in [5, 5.41) is 8.92. The van der Waals surface area contributed by atoms with Crippen LogP contribution in [0.1, 0.15) is 42.6 Å². The first-order valence-corrected chi connectivity index (χ1v) is 5.56. The van der Waals surface area contributed by atoms with E-state index in [1.807, 2.05) is 13.8 Å². The Morgan fingerprint density at radius 3 is 2.56 bits per heavy atom. The fraction of sp³-hybridized carbons (Fsp3) is 0.500. The molecule has 0 spiro atoms. The monoisotopic (exact) mass is 223 g/mol. The Bertz CT molecular complexity index is 434. The number of unbranched alkanes of at least 4 members (excludes halogenated alkanes) is 1. The third-order valence-electron chi connectivity index (χ3n) is 2.55. The molecule has 0 saturated carbocycles. The van der Waals surface area contributed by atoms with E-state index >= 15 is 0 Å². The van der Waals surface area contributed by atoms with Crippen LogP contribution in [0.2, 0.25) is 0 Å². The zero-order valence-corrected chi connectivity index (χ0v) is 9.69. The van der Waals surface area contributed by atoms with Gasteiger partial charge in [0.1, 0.15) is 5.56 Å². The van der Waals surface area contributed by atoms with Crippen molar-refractivity contribution in [3.8, 4) is 0 Å². The second kappa shape index (κ2) is 5.49. The molecule has 0 bridgehead atoms. The number of rotatable bonds is 5. The summed E-state index contributed by atoms with van der Waals surface area (Å²) in [7, 11) is 0. The zero-order valence-electron chi connectivity index (χ0n) is 9.69. The summed E-state index contributed by atoms with van der Waals surface area (Å²) in [6.07, 6.45) is 5.70. The van der Waals surface area contributed by atoms with Gasteiger partial charge in [-0.05, 0) is 19.8 Å². The summed E-state index contributed by atoms with van der Waals surface area (Å²) in [5.41, 5.74) is 0.129. The van der Waals surface area contributed by atoms with Crippen molar-refractivity contribution >= 4 is 5.97 Å². The number of aromatic nitrogens is 1. The minimum atomic E-state index is -1.15. The summed E-state index contributed by atoms with van der Waals surface area (Å²) >= 11 is 0. The maximum absolute atomic E-state index is 11.8. The molecule has 4 heteroatoms. The van der Waals surface area contributed by atoms with Gasteiger partial charge in [0.25, 0.3) is 0 Å². The van der Waals surface area contributed by atoms with Gasteiger partial charge in [0.2, 0.25) is 0 Å². The molecule has 1 N–H and O–H groups in total. The fourth-order valence-corrected chi connectivity index (χ4v) is 1.57. The predicted molar refractivity (Wildman–Crippen MR) is 61.9 cm³/mol. The van der Waals surface area contributed by atoms with E-state index in [9.17, 15) is 9.59 Å². The van der Waals surface area contributed by atoms with Crippen molar-refractivity contribution in [3.05, 3.63) is 33.7 Å². The Kier molecular flexibility index (Phi) is 4.28. The van der Waals surface area contributed by atoms with E-state index in [1.165, 1.54) is 6.20 Å². The second-order valence-electron chi connectivity index (χ2n) is 3.77. The van der Waals surface area contributed by atoms with Crippen molar-refractivity contribution in [1.29, 1.82) is 0 Å². The van der Waals surface area contributed by atoms with Gasteiger partial charge in [0.05, 0.1) is 0 Å². The van der Waals surface area contributed by atoms with Crippen LogP contribution in [0.3, 0.4) is 0 Å². The predicted octanol–water partition coefficient (Wildman–Crippen LogP) is 1.91. The Morgan fingerprint density at radius 1 is 1.38 bits per heavy atom. The molecule has 0 saturated heterocycles. The number of hydrogen-bond donors (Lipinski definition) is 1. The first-order valence-electron chi connectivity index (χ1n) is 5.56. The number of carbonyl (C=O) groups is 1. The molecule has 1 rings (SSSR count). The molecule has 0 atom stereocenters. The van der Waals surface area contributed by atoms with E-state index in [1.54, 1.807) is 10.8 Å². The molecule has 4 nitrogen and oxygen atoms in total. The minimum Gasteiger partial charge on any atom is -0.477 e. The van der Waals surface area contributed by atoms with Crippen LogP contribution < -0.4 is 5.43 Å². The van der Waals surface area contributed by atoms with E-state index in [-0.39, 0.29) is 11.0 Å². The summed E-state index contributed by atoms with van der Waals surface area (Å²) in [5.74, 6) is -1.15. The van der Waals surface area contributed by atoms with Gasteiger partial charge in [-0.3, -0.25) is 4.79 Å². The fourth-order valence-electron chi connectivity index (χ4n) is 1.57. The van der Waals surface area contributed by atoms with E-state index in [0.717, 1.165) is 12.8 Å². The standard InChI is InChI=1S/C12H17NO3/c1-3-5-6-9-7-13(4-2)8-10(11(9)14)12(15)16/h7-8H,3-6H2,1-2H3,(H,15,16). The highest BCUT2D eigenvalue weighted by Crippen LogP contribution is 2.03. The van der Waals surface area contributed by atoms with Crippen LogP contribution in [0.15, 0.2) is 17.2 Å². The van der Waals surface area contributed by atoms with Crippen LogP contribution in [-0.2, 0) is 13.0 Å². The molecule has 1 heterocycles. The molecule has 0 radical (unpaired) electrons. The average molecular weight is 223 g/mol. The molecule has 0 aromatic carbocycles. The van der Waals surface area contributed by atoms with Crippen molar-refractivity contribution < 1.29 is 9.90 Å². The van der Waals surface area contributed by atoms with Crippen LogP contribution in [0, 0.1) is 0 Å². The van der Waals surface area contributed by atoms with E-state index in [0.29, 0.717) is 18.5 Å². The van der Waals surface area contributed by atoms with Crippen LogP contribution in [0.5, 0.6) is 0 Å². The lowest BCUT2D eigenvalue weighted by atomic mass is 10.1. The summed E-state index contributed by atoms with van der Waals surface area (Å²) < 4.78 is 1.75. The number of carboxylic acid groups (broad SMARTS) is 1. The molecule has 0 fully saturated rings. The number of aromatic carboxylic acids is 1. The minimum absolute atomic E-state index is 0.129. The molecule has 0 unspecified atom stereocenters. The largest absolute Gasteiger partial charge is 0.477 e. The number of pyridine rings is 1. The van der Waals surface area contributed by atoms with Gasteiger partial charge in [-0.1, -0.05) is 13.3 Å². The van der Waals surface area contributed by atoms with Gasteiger partial charge in [-0.25, -0.2) is 4.79 Å².